The summed E-state index contributed by atoms with van der Waals surface area (Å²) in [6.45, 7) is 5.56. The van der Waals surface area contributed by atoms with Crippen molar-refractivity contribution in [1.29, 1.82) is 0 Å². The minimum Gasteiger partial charge on any atom is -0.486 e. The Morgan fingerprint density at radius 1 is 1.77 bits per heavy atom. The van der Waals surface area contributed by atoms with Crippen LogP contribution in [0.2, 0.25) is 0 Å². The lowest BCUT2D eigenvalue weighted by atomic mass is 10.3. The first-order valence-electron chi connectivity index (χ1n) is 3.92. The van der Waals surface area contributed by atoms with Gasteiger partial charge in [0, 0.05) is 0 Å². The smallest absolute Gasteiger partial charge is 0.350 e. The average molecular weight is 184 g/mol. The van der Waals surface area contributed by atoms with Gasteiger partial charge in [-0.2, -0.15) is 0 Å². The van der Waals surface area contributed by atoms with E-state index in [0.29, 0.717) is 11.5 Å². The quantitative estimate of drug-likeness (QED) is 0.570. The minimum atomic E-state index is -0.679. The highest BCUT2D eigenvalue weighted by molar-refractivity contribution is 5.75. The predicted molar refractivity (Wildman–Crippen MR) is 45.7 cm³/mol. The molecule has 1 fully saturated rings. The lowest BCUT2D eigenvalue weighted by Crippen LogP contribution is -2.34. The molecule has 0 bridgehead atoms. The standard InChI is InChI=1S/C9H12O4/c1-4-7-6(2)12-5-8(13-7)9(10)11-3/h4,8H,2,5H2,1,3H3/b7-4+. The molecule has 1 atom stereocenters. The third kappa shape index (κ3) is 2.02. The number of carbonyl (C=O) groups is 1. The molecule has 13 heavy (non-hydrogen) atoms. The molecule has 1 aliphatic rings. The highest BCUT2D eigenvalue weighted by atomic mass is 16.6. The molecule has 0 saturated carbocycles. The summed E-state index contributed by atoms with van der Waals surface area (Å²) in [5.74, 6) is 0.496. The Kier molecular flexibility index (Phi) is 2.95. The predicted octanol–water partition coefficient (Wildman–Crippen LogP) is 0.992. The van der Waals surface area contributed by atoms with Crippen molar-refractivity contribution in [2.24, 2.45) is 0 Å². The highest BCUT2D eigenvalue weighted by Crippen LogP contribution is 2.20. The van der Waals surface area contributed by atoms with Crippen LogP contribution in [0.25, 0.3) is 0 Å². The first-order valence-corrected chi connectivity index (χ1v) is 3.92. The van der Waals surface area contributed by atoms with Crippen molar-refractivity contribution in [3.63, 3.8) is 0 Å². The minimum absolute atomic E-state index is 0.156. The summed E-state index contributed by atoms with van der Waals surface area (Å²) in [6, 6.07) is 0. The molecule has 0 aromatic rings. The molecule has 0 N–H and O–H groups in total. The number of allylic oxidation sites excluding steroid dienone is 1. The Morgan fingerprint density at radius 2 is 2.46 bits per heavy atom. The number of rotatable bonds is 1. The van der Waals surface area contributed by atoms with Crippen molar-refractivity contribution in [1.82, 2.24) is 0 Å². The van der Waals surface area contributed by atoms with E-state index in [9.17, 15) is 4.79 Å². The Hall–Kier alpha value is -1.45. The van der Waals surface area contributed by atoms with Crippen molar-refractivity contribution in [3.8, 4) is 0 Å². The van der Waals surface area contributed by atoms with E-state index in [2.05, 4.69) is 11.3 Å². The molecular formula is C9H12O4. The second-order valence-electron chi connectivity index (χ2n) is 2.52. The zero-order chi connectivity index (χ0) is 9.84. The molecule has 0 radical (unpaired) electrons. The van der Waals surface area contributed by atoms with Crippen LogP contribution < -0.4 is 0 Å². The van der Waals surface area contributed by atoms with Gasteiger partial charge in [0.15, 0.2) is 11.5 Å². The lowest BCUT2D eigenvalue weighted by Gasteiger charge is -2.25. The summed E-state index contributed by atoms with van der Waals surface area (Å²) in [5.41, 5.74) is 0. The molecule has 1 aliphatic heterocycles. The maximum atomic E-state index is 11.1. The zero-order valence-corrected chi connectivity index (χ0v) is 7.70. The summed E-state index contributed by atoms with van der Waals surface area (Å²) >= 11 is 0. The van der Waals surface area contributed by atoms with E-state index >= 15 is 0 Å². The molecule has 0 amide bonds. The second-order valence-corrected chi connectivity index (χ2v) is 2.52. The van der Waals surface area contributed by atoms with Crippen molar-refractivity contribution in [3.05, 3.63) is 24.2 Å². The molecule has 4 nitrogen and oxygen atoms in total. The van der Waals surface area contributed by atoms with Crippen LogP contribution in [0.4, 0.5) is 0 Å². The maximum absolute atomic E-state index is 11.1. The molecule has 0 aliphatic carbocycles. The topological polar surface area (TPSA) is 44.8 Å². The molecule has 0 aromatic carbocycles. The molecule has 4 heteroatoms. The Balaban J connectivity index is 2.65. The van der Waals surface area contributed by atoms with Crippen molar-refractivity contribution in [2.75, 3.05) is 13.7 Å². The summed E-state index contributed by atoms with van der Waals surface area (Å²) in [4.78, 5) is 11.1. The highest BCUT2D eigenvalue weighted by Gasteiger charge is 2.28. The molecule has 1 heterocycles. The fourth-order valence-electron chi connectivity index (χ4n) is 0.977. The number of ether oxygens (including phenoxy) is 3. The number of hydrogen-bond acceptors (Lipinski definition) is 4. The second kappa shape index (κ2) is 3.98. The van der Waals surface area contributed by atoms with E-state index in [4.69, 9.17) is 9.47 Å². The van der Waals surface area contributed by atoms with Crippen LogP contribution in [0.15, 0.2) is 24.2 Å². The Morgan fingerprint density at radius 3 is 3.00 bits per heavy atom. The fraction of sp³-hybridized carbons (Fsp3) is 0.444. The number of carbonyl (C=O) groups excluding carboxylic acids is 1. The van der Waals surface area contributed by atoms with Gasteiger partial charge in [-0.25, -0.2) is 4.79 Å². The Labute approximate surface area is 76.8 Å². The van der Waals surface area contributed by atoms with E-state index in [1.165, 1.54) is 7.11 Å². The van der Waals surface area contributed by atoms with Gasteiger partial charge < -0.3 is 14.2 Å². The van der Waals surface area contributed by atoms with Crippen LogP contribution in [0.3, 0.4) is 0 Å². The van der Waals surface area contributed by atoms with Gasteiger partial charge in [-0.05, 0) is 13.0 Å². The first kappa shape index (κ1) is 9.64. The monoisotopic (exact) mass is 184 g/mol. The van der Waals surface area contributed by atoms with Gasteiger partial charge in [0.05, 0.1) is 7.11 Å². The third-order valence-electron chi connectivity index (χ3n) is 1.68. The molecule has 72 valence electrons. The molecule has 1 unspecified atom stereocenters. The maximum Gasteiger partial charge on any atom is 0.350 e. The molecule has 0 aromatic heterocycles. The van der Waals surface area contributed by atoms with Crippen molar-refractivity contribution in [2.45, 2.75) is 13.0 Å². The van der Waals surface area contributed by atoms with Crippen LogP contribution in [0.1, 0.15) is 6.92 Å². The largest absolute Gasteiger partial charge is 0.486 e. The summed E-state index contributed by atoms with van der Waals surface area (Å²) in [6.07, 6.45) is 1.01. The van der Waals surface area contributed by atoms with Gasteiger partial charge in [-0.15, -0.1) is 0 Å². The molecular weight excluding hydrogens is 172 g/mol. The van der Waals surface area contributed by atoms with E-state index < -0.39 is 12.1 Å². The van der Waals surface area contributed by atoms with E-state index in [-0.39, 0.29) is 6.61 Å². The van der Waals surface area contributed by atoms with Crippen LogP contribution in [-0.4, -0.2) is 25.8 Å². The third-order valence-corrected chi connectivity index (χ3v) is 1.68. The molecule has 1 rings (SSSR count). The molecule has 0 spiro atoms. The van der Waals surface area contributed by atoms with Gasteiger partial charge in [-0.1, -0.05) is 6.58 Å². The fourth-order valence-corrected chi connectivity index (χ4v) is 0.977. The van der Waals surface area contributed by atoms with Crippen LogP contribution in [0.5, 0.6) is 0 Å². The van der Waals surface area contributed by atoms with Crippen LogP contribution in [0, 0.1) is 0 Å². The number of esters is 1. The van der Waals surface area contributed by atoms with E-state index in [0.717, 1.165) is 0 Å². The van der Waals surface area contributed by atoms with Crippen LogP contribution >= 0.6 is 0 Å². The van der Waals surface area contributed by atoms with E-state index in [1.54, 1.807) is 13.0 Å². The number of methoxy groups -OCH3 is 1. The lowest BCUT2D eigenvalue weighted by molar-refractivity contribution is -0.157. The Bertz CT molecular complexity index is 254. The van der Waals surface area contributed by atoms with Crippen molar-refractivity contribution >= 4 is 5.97 Å². The summed E-state index contributed by atoms with van der Waals surface area (Å²) in [7, 11) is 1.31. The van der Waals surface area contributed by atoms with Gasteiger partial charge in [0.1, 0.15) is 6.61 Å². The van der Waals surface area contributed by atoms with E-state index in [1.807, 2.05) is 0 Å². The van der Waals surface area contributed by atoms with Gasteiger partial charge >= 0.3 is 5.97 Å². The van der Waals surface area contributed by atoms with Gasteiger partial charge in [0.25, 0.3) is 0 Å². The summed E-state index contributed by atoms with van der Waals surface area (Å²) < 4.78 is 14.9. The SMILES string of the molecule is C=C1OCC(C(=O)OC)O/C1=C/C. The number of hydrogen-bond donors (Lipinski definition) is 0. The van der Waals surface area contributed by atoms with Gasteiger partial charge in [0.2, 0.25) is 6.10 Å². The first-order chi connectivity index (χ1) is 6.19. The van der Waals surface area contributed by atoms with Gasteiger partial charge in [-0.3, -0.25) is 0 Å². The average Bonchev–Trinajstić information content (AvgIpc) is 2.17. The molecule has 1 saturated heterocycles. The van der Waals surface area contributed by atoms with Crippen LogP contribution in [-0.2, 0) is 19.0 Å². The normalized spacial score (nSPS) is 24.9. The van der Waals surface area contributed by atoms with Crippen molar-refractivity contribution < 1.29 is 19.0 Å². The zero-order valence-electron chi connectivity index (χ0n) is 7.70. The summed E-state index contributed by atoms with van der Waals surface area (Å²) in [5, 5.41) is 0.